The number of ether oxygens (including phenoxy) is 4. The van der Waals surface area contributed by atoms with Gasteiger partial charge in [-0.3, -0.25) is 10.1 Å². The SMILES string of the molecule is COc1cc(OC)cc(C(=O)Nc2nnc(-c3ccc(OC)c(OC)c3)o2)c1. The van der Waals surface area contributed by atoms with Crippen molar-refractivity contribution in [1.29, 1.82) is 0 Å². The van der Waals surface area contributed by atoms with Crippen LogP contribution < -0.4 is 24.3 Å². The van der Waals surface area contributed by atoms with Gasteiger partial charge in [-0.15, -0.1) is 5.10 Å². The average molecular weight is 385 g/mol. The maximum absolute atomic E-state index is 12.5. The Morgan fingerprint density at radius 3 is 2.14 bits per heavy atom. The minimum atomic E-state index is -0.445. The number of hydrogen-bond donors (Lipinski definition) is 1. The van der Waals surface area contributed by atoms with E-state index in [4.69, 9.17) is 23.4 Å². The van der Waals surface area contributed by atoms with Gasteiger partial charge in [-0.05, 0) is 30.3 Å². The topological polar surface area (TPSA) is 105 Å². The van der Waals surface area contributed by atoms with E-state index >= 15 is 0 Å². The first-order chi connectivity index (χ1) is 13.6. The summed E-state index contributed by atoms with van der Waals surface area (Å²) in [5.41, 5.74) is 0.941. The Morgan fingerprint density at radius 2 is 1.54 bits per heavy atom. The molecule has 0 aliphatic heterocycles. The molecule has 0 radical (unpaired) electrons. The number of anilines is 1. The molecular formula is C19H19N3O6. The summed E-state index contributed by atoms with van der Waals surface area (Å²) in [6, 6.07) is 9.93. The molecule has 3 rings (SSSR count). The van der Waals surface area contributed by atoms with Crippen LogP contribution in [0.25, 0.3) is 11.5 Å². The van der Waals surface area contributed by atoms with Crippen molar-refractivity contribution in [3.05, 3.63) is 42.0 Å². The first kappa shape index (κ1) is 19.0. The highest BCUT2D eigenvalue weighted by Gasteiger charge is 2.16. The zero-order valence-corrected chi connectivity index (χ0v) is 15.8. The molecule has 0 spiro atoms. The van der Waals surface area contributed by atoms with Crippen LogP contribution in [0.4, 0.5) is 6.01 Å². The minimum Gasteiger partial charge on any atom is -0.497 e. The number of methoxy groups -OCH3 is 4. The molecule has 0 atom stereocenters. The molecule has 146 valence electrons. The maximum atomic E-state index is 12.5. The molecule has 1 N–H and O–H groups in total. The lowest BCUT2D eigenvalue weighted by molar-refractivity contribution is 0.102. The van der Waals surface area contributed by atoms with Gasteiger partial charge in [0, 0.05) is 17.2 Å². The lowest BCUT2D eigenvalue weighted by atomic mass is 10.2. The molecule has 0 bridgehead atoms. The van der Waals surface area contributed by atoms with Crippen LogP contribution in [-0.2, 0) is 0 Å². The zero-order chi connectivity index (χ0) is 20.1. The Morgan fingerprint density at radius 1 is 0.857 bits per heavy atom. The number of carbonyl (C=O) groups excluding carboxylic acids is 1. The molecule has 0 fully saturated rings. The normalized spacial score (nSPS) is 10.3. The second-order valence-corrected chi connectivity index (χ2v) is 5.54. The summed E-state index contributed by atoms with van der Waals surface area (Å²) in [7, 11) is 6.09. The molecule has 1 heterocycles. The van der Waals surface area contributed by atoms with Crippen molar-refractivity contribution < 1.29 is 28.2 Å². The van der Waals surface area contributed by atoms with Crippen molar-refractivity contribution in [1.82, 2.24) is 10.2 Å². The second kappa shape index (κ2) is 8.30. The molecular weight excluding hydrogens is 366 g/mol. The predicted octanol–water partition coefficient (Wildman–Crippen LogP) is 3.02. The monoisotopic (exact) mass is 385 g/mol. The van der Waals surface area contributed by atoms with Crippen molar-refractivity contribution in [3.8, 4) is 34.5 Å². The van der Waals surface area contributed by atoms with Crippen molar-refractivity contribution in [2.45, 2.75) is 0 Å². The molecule has 0 aliphatic rings. The van der Waals surface area contributed by atoms with Crippen LogP contribution in [0.2, 0.25) is 0 Å². The van der Waals surface area contributed by atoms with Crippen LogP contribution in [0.15, 0.2) is 40.8 Å². The van der Waals surface area contributed by atoms with E-state index in [1.165, 1.54) is 21.3 Å². The van der Waals surface area contributed by atoms with Gasteiger partial charge in [-0.2, -0.15) is 0 Å². The highest BCUT2D eigenvalue weighted by atomic mass is 16.5. The van der Waals surface area contributed by atoms with Gasteiger partial charge in [0.25, 0.3) is 5.91 Å². The van der Waals surface area contributed by atoms with Crippen LogP contribution in [0.1, 0.15) is 10.4 Å². The summed E-state index contributed by atoms with van der Waals surface area (Å²) in [5.74, 6) is 1.85. The van der Waals surface area contributed by atoms with E-state index in [2.05, 4.69) is 15.5 Å². The van der Waals surface area contributed by atoms with E-state index in [1.54, 1.807) is 43.5 Å². The third kappa shape index (κ3) is 3.98. The quantitative estimate of drug-likeness (QED) is 0.662. The summed E-state index contributed by atoms with van der Waals surface area (Å²) in [4.78, 5) is 12.5. The minimum absolute atomic E-state index is 0.0448. The van der Waals surface area contributed by atoms with Crippen LogP contribution >= 0.6 is 0 Å². The Kier molecular flexibility index (Phi) is 5.64. The first-order valence-corrected chi connectivity index (χ1v) is 8.18. The van der Waals surface area contributed by atoms with E-state index < -0.39 is 5.91 Å². The molecule has 2 aromatic carbocycles. The van der Waals surface area contributed by atoms with Crippen LogP contribution in [0.5, 0.6) is 23.0 Å². The number of hydrogen-bond acceptors (Lipinski definition) is 8. The number of aromatic nitrogens is 2. The van der Waals surface area contributed by atoms with Crippen LogP contribution in [0, 0.1) is 0 Å². The summed E-state index contributed by atoms with van der Waals surface area (Å²) in [6.45, 7) is 0. The fraction of sp³-hybridized carbons (Fsp3) is 0.211. The van der Waals surface area contributed by atoms with Crippen molar-refractivity contribution >= 4 is 11.9 Å². The number of nitrogens with one attached hydrogen (secondary N) is 1. The van der Waals surface area contributed by atoms with Gasteiger partial charge >= 0.3 is 6.01 Å². The lowest BCUT2D eigenvalue weighted by Crippen LogP contribution is -2.12. The predicted molar refractivity (Wildman–Crippen MR) is 100 cm³/mol. The number of carbonyl (C=O) groups is 1. The fourth-order valence-corrected chi connectivity index (χ4v) is 2.47. The van der Waals surface area contributed by atoms with Gasteiger partial charge in [0.1, 0.15) is 11.5 Å². The van der Waals surface area contributed by atoms with E-state index in [9.17, 15) is 4.79 Å². The van der Waals surface area contributed by atoms with Crippen LogP contribution in [0.3, 0.4) is 0 Å². The number of benzene rings is 2. The second-order valence-electron chi connectivity index (χ2n) is 5.54. The zero-order valence-electron chi connectivity index (χ0n) is 15.8. The first-order valence-electron chi connectivity index (χ1n) is 8.18. The Bertz CT molecular complexity index is 963. The summed E-state index contributed by atoms with van der Waals surface area (Å²) in [5, 5.41) is 10.4. The summed E-state index contributed by atoms with van der Waals surface area (Å²) >= 11 is 0. The summed E-state index contributed by atoms with van der Waals surface area (Å²) in [6.07, 6.45) is 0. The molecule has 0 saturated heterocycles. The Balaban J connectivity index is 1.80. The van der Waals surface area contributed by atoms with Gasteiger partial charge in [-0.1, -0.05) is 5.10 Å². The van der Waals surface area contributed by atoms with Crippen molar-refractivity contribution in [2.24, 2.45) is 0 Å². The van der Waals surface area contributed by atoms with Gasteiger partial charge in [0.2, 0.25) is 5.89 Å². The Labute approximate surface area is 161 Å². The third-order valence-electron chi connectivity index (χ3n) is 3.89. The molecule has 0 unspecified atom stereocenters. The van der Waals surface area contributed by atoms with Crippen molar-refractivity contribution in [3.63, 3.8) is 0 Å². The third-order valence-corrected chi connectivity index (χ3v) is 3.89. The largest absolute Gasteiger partial charge is 0.497 e. The van der Waals surface area contributed by atoms with Gasteiger partial charge in [-0.25, -0.2) is 0 Å². The highest BCUT2D eigenvalue weighted by molar-refractivity contribution is 6.03. The molecule has 28 heavy (non-hydrogen) atoms. The molecule has 1 aromatic heterocycles. The van der Waals surface area contributed by atoms with Gasteiger partial charge in [0.15, 0.2) is 11.5 Å². The lowest BCUT2D eigenvalue weighted by Gasteiger charge is -2.08. The Hall–Kier alpha value is -3.75. The molecule has 0 saturated carbocycles. The molecule has 3 aromatic rings. The fourth-order valence-electron chi connectivity index (χ4n) is 2.47. The molecule has 9 heteroatoms. The van der Waals surface area contributed by atoms with Gasteiger partial charge < -0.3 is 23.4 Å². The summed E-state index contributed by atoms with van der Waals surface area (Å²) < 4.78 is 26.3. The number of nitrogens with zero attached hydrogens (tertiary/aromatic N) is 2. The molecule has 1 amide bonds. The van der Waals surface area contributed by atoms with Crippen molar-refractivity contribution in [2.75, 3.05) is 33.8 Å². The highest BCUT2D eigenvalue weighted by Crippen LogP contribution is 2.32. The average Bonchev–Trinajstić information content (AvgIpc) is 3.21. The van der Waals surface area contributed by atoms with E-state index in [0.29, 0.717) is 34.1 Å². The number of rotatable bonds is 7. The van der Waals surface area contributed by atoms with E-state index in [-0.39, 0.29) is 11.9 Å². The molecule has 0 aliphatic carbocycles. The standard InChI is InChI=1S/C19H19N3O6/c1-24-13-7-12(8-14(10-13)25-2)17(23)20-19-22-21-18(28-19)11-5-6-15(26-3)16(9-11)27-4/h5-10H,1-4H3,(H,20,22,23). The molecule has 9 nitrogen and oxygen atoms in total. The van der Waals surface area contributed by atoms with Gasteiger partial charge in [0.05, 0.1) is 28.4 Å². The van der Waals surface area contributed by atoms with E-state index in [1.807, 2.05) is 0 Å². The van der Waals surface area contributed by atoms with E-state index in [0.717, 1.165) is 0 Å². The number of amides is 1. The smallest absolute Gasteiger partial charge is 0.322 e. The van der Waals surface area contributed by atoms with Crippen LogP contribution in [-0.4, -0.2) is 44.5 Å². The maximum Gasteiger partial charge on any atom is 0.322 e.